The second-order valence-electron chi connectivity index (χ2n) is 7.91. The summed E-state index contributed by atoms with van der Waals surface area (Å²) in [6.45, 7) is 2.08. The third-order valence-electron chi connectivity index (χ3n) is 5.76. The van der Waals surface area contributed by atoms with E-state index in [0.29, 0.717) is 45.2 Å². The minimum Gasteiger partial charge on any atom is -0.492 e. The molecule has 3 heterocycles. The molecule has 32 heavy (non-hydrogen) atoms. The van der Waals surface area contributed by atoms with Gasteiger partial charge < -0.3 is 4.74 Å². The van der Waals surface area contributed by atoms with Crippen LogP contribution in [0.1, 0.15) is 35.3 Å². The number of hydrogen-bond acceptors (Lipinski definition) is 4. The van der Waals surface area contributed by atoms with Crippen LogP contribution in [0.4, 0.5) is 0 Å². The van der Waals surface area contributed by atoms with Crippen molar-refractivity contribution in [3.8, 4) is 22.7 Å². The molecule has 0 saturated carbocycles. The van der Waals surface area contributed by atoms with Crippen molar-refractivity contribution in [2.24, 2.45) is 0 Å². The number of carbonyl (C=O) groups excluding carboxylic acids is 1. The number of hydrogen-bond donors (Lipinski definition) is 1. The van der Waals surface area contributed by atoms with Gasteiger partial charge in [-0.05, 0) is 49.2 Å². The van der Waals surface area contributed by atoms with E-state index in [1.54, 1.807) is 35.0 Å². The average Bonchev–Trinajstić information content (AvgIpc) is 3.03. The molecule has 0 bridgehead atoms. The first kappa shape index (κ1) is 21.6. The lowest BCUT2D eigenvalue weighted by Crippen LogP contribution is -2.45. The number of nitrogens with one attached hydrogen (secondary N) is 1. The Morgan fingerprint density at radius 1 is 1.00 bits per heavy atom. The molecule has 0 unspecified atom stereocenters. The molecule has 1 amide bonds. The van der Waals surface area contributed by atoms with E-state index in [2.05, 4.69) is 5.43 Å². The molecule has 0 radical (unpaired) electrons. The average molecular weight is 492 g/mol. The van der Waals surface area contributed by atoms with Crippen molar-refractivity contribution in [1.82, 2.24) is 20.2 Å². The van der Waals surface area contributed by atoms with Crippen LogP contribution in [-0.2, 0) is 6.42 Å². The summed E-state index contributed by atoms with van der Waals surface area (Å²) in [4.78, 5) is 13.3. The maximum absolute atomic E-state index is 13.3. The highest BCUT2D eigenvalue weighted by Crippen LogP contribution is 2.40. The van der Waals surface area contributed by atoms with E-state index in [-0.39, 0.29) is 5.91 Å². The zero-order valence-corrected chi connectivity index (χ0v) is 19.5. The molecule has 1 N–H and O–H groups in total. The van der Waals surface area contributed by atoms with Crippen LogP contribution in [0.15, 0.2) is 36.4 Å². The summed E-state index contributed by atoms with van der Waals surface area (Å²) in [6, 6.07) is 10.7. The summed E-state index contributed by atoms with van der Waals surface area (Å²) >= 11 is 18.9. The smallest absolute Gasteiger partial charge is 0.286 e. The number of halogens is 3. The molecule has 6 nitrogen and oxygen atoms in total. The zero-order valence-electron chi connectivity index (χ0n) is 17.2. The first-order chi connectivity index (χ1) is 15.5. The Balaban J connectivity index is 1.66. The number of ether oxygens (including phenoxy) is 1. The highest BCUT2D eigenvalue weighted by atomic mass is 35.5. The van der Waals surface area contributed by atoms with Gasteiger partial charge in [0, 0.05) is 40.7 Å². The van der Waals surface area contributed by atoms with Crippen molar-refractivity contribution in [3.63, 3.8) is 0 Å². The molecule has 3 aromatic rings. The van der Waals surface area contributed by atoms with E-state index >= 15 is 0 Å². The van der Waals surface area contributed by atoms with Crippen LogP contribution < -0.4 is 10.2 Å². The van der Waals surface area contributed by atoms with E-state index in [9.17, 15) is 4.79 Å². The fourth-order valence-corrected chi connectivity index (χ4v) is 4.90. The van der Waals surface area contributed by atoms with Gasteiger partial charge in [0.1, 0.15) is 5.75 Å². The number of aromatic nitrogens is 2. The first-order valence-electron chi connectivity index (χ1n) is 10.6. The Bertz CT molecular complexity index is 1190. The molecule has 0 aliphatic carbocycles. The monoisotopic (exact) mass is 490 g/mol. The summed E-state index contributed by atoms with van der Waals surface area (Å²) in [5.41, 5.74) is 6.41. The van der Waals surface area contributed by atoms with Gasteiger partial charge >= 0.3 is 0 Å². The minimum absolute atomic E-state index is 0.232. The summed E-state index contributed by atoms with van der Waals surface area (Å²) in [6.07, 6.45) is 3.84. The maximum atomic E-state index is 13.3. The largest absolute Gasteiger partial charge is 0.492 e. The molecule has 5 rings (SSSR count). The molecule has 1 aromatic heterocycles. The van der Waals surface area contributed by atoms with Crippen LogP contribution in [-0.4, -0.2) is 40.4 Å². The number of fused-ring (bicyclic) bond motifs is 3. The molecule has 166 valence electrons. The SMILES string of the molecule is O=C(NN1CCCCC1)c1nn(-c2ccc(Cl)cc2Cl)c2c1CCOc1cc(Cl)ccc1-2. The molecule has 2 aliphatic rings. The number of benzene rings is 2. The Morgan fingerprint density at radius 2 is 1.75 bits per heavy atom. The van der Waals surface area contributed by atoms with Crippen LogP contribution in [0.5, 0.6) is 5.75 Å². The molecule has 1 fully saturated rings. The molecule has 9 heteroatoms. The number of amides is 1. The van der Waals surface area contributed by atoms with Crippen molar-refractivity contribution < 1.29 is 9.53 Å². The summed E-state index contributed by atoms with van der Waals surface area (Å²) in [7, 11) is 0. The van der Waals surface area contributed by atoms with Crippen molar-refractivity contribution in [2.45, 2.75) is 25.7 Å². The third kappa shape index (κ3) is 4.08. The van der Waals surface area contributed by atoms with Gasteiger partial charge in [-0.2, -0.15) is 5.10 Å². The van der Waals surface area contributed by atoms with Crippen LogP contribution in [0.3, 0.4) is 0 Å². The van der Waals surface area contributed by atoms with Gasteiger partial charge in [0.2, 0.25) is 0 Å². The first-order valence-corrected chi connectivity index (χ1v) is 11.7. The number of carbonyl (C=O) groups is 1. The summed E-state index contributed by atoms with van der Waals surface area (Å²) in [5, 5.41) is 8.24. The number of hydrazine groups is 1. The Labute approximate surface area is 201 Å². The third-order valence-corrected chi connectivity index (χ3v) is 6.53. The fraction of sp³-hybridized carbons (Fsp3) is 0.304. The van der Waals surface area contributed by atoms with E-state index < -0.39 is 0 Å². The summed E-state index contributed by atoms with van der Waals surface area (Å²) < 4.78 is 7.68. The van der Waals surface area contributed by atoms with Gasteiger partial charge in [-0.15, -0.1) is 0 Å². The van der Waals surface area contributed by atoms with E-state index in [0.717, 1.165) is 42.8 Å². The highest BCUT2D eigenvalue weighted by molar-refractivity contribution is 6.35. The van der Waals surface area contributed by atoms with Crippen molar-refractivity contribution in [3.05, 3.63) is 62.7 Å². The molecular formula is C23H21Cl3N4O2. The second-order valence-corrected chi connectivity index (χ2v) is 9.19. The van der Waals surface area contributed by atoms with Gasteiger partial charge in [0.15, 0.2) is 5.69 Å². The predicted molar refractivity (Wildman–Crippen MR) is 126 cm³/mol. The van der Waals surface area contributed by atoms with E-state index in [4.69, 9.17) is 44.6 Å². The number of nitrogens with zero attached hydrogens (tertiary/aromatic N) is 3. The number of piperidine rings is 1. The zero-order chi connectivity index (χ0) is 22.2. The Morgan fingerprint density at radius 3 is 2.53 bits per heavy atom. The molecule has 0 atom stereocenters. The normalized spacial score (nSPS) is 16.0. The van der Waals surface area contributed by atoms with Gasteiger partial charge in [-0.3, -0.25) is 10.2 Å². The van der Waals surface area contributed by atoms with E-state index in [1.807, 2.05) is 11.1 Å². The standard InChI is InChI=1S/C23H21Cl3N4O2/c24-14-5-7-19(18(26)12-14)30-22-16-6-4-15(25)13-20(16)32-11-8-17(22)21(27-30)23(31)28-29-9-2-1-3-10-29/h4-7,12-13H,1-3,8-11H2,(H,28,31). The topological polar surface area (TPSA) is 59.4 Å². The van der Waals surface area contributed by atoms with Crippen LogP contribution in [0.2, 0.25) is 15.1 Å². The summed E-state index contributed by atoms with van der Waals surface area (Å²) in [5.74, 6) is 0.412. The lowest BCUT2D eigenvalue weighted by Gasteiger charge is -2.26. The van der Waals surface area contributed by atoms with Gasteiger partial charge in [-0.1, -0.05) is 41.2 Å². The van der Waals surface area contributed by atoms with Crippen LogP contribution in [0.25, 0.3) is 16.9 Å². The van der Waals surface area contributed by atoms with Crippen molar-refractivity contribution >= 4 is 40.7 Å². The maximum Gasteiger partial charge on any atom is 0.286 e. The predicted octanol–water partition coefficient (Wildman–Crippen LogP) is 5.57. The highest BCUT2D eigenvalue weighted by Gasteiger charge is 2.30. The Hall–Kier alpha value is -2.25. The van der Waals surface area contributed by atoms with Crippen LogP contribution in [0, 0.1) is 0 Å². The minimum atomic E-state index is -0.232. The molecule has 0 spiro atoms. The van der Waals surface area contributed by atoms with E-state index in [1.165, 1.54) is 6.42 Å². The van der Waals surface area contributed by atoms with Gasteiger partial charge in [0.05, 0.1) is 23.0 Å². The quantitative estimate of drug-likeness (QED) is 0.521. The van der Waals surface area contributed by atoms with Crippen LogP contribution >= 0.6 is 34.8 Å². The molecule has 2 aliphatic heterocycles. The van der Waals surface area contributed by atoms with Gasteiger partial charge in [-0.25, -0.2) is 9.69 Å². The second kappa shape index (κ2) is 8.94. The molecule has 2 aromatic carbocycles. The number of rotatable bonds is 3. The van der Waals surface area contributed by atoms with Gasteiger partial charge in [0.25, 0.3) is 5.91 Å². The van der Waals surface area contributed by atoms with Crippen molar-refractivity contribution in [2.75, 3.05) is 19.7 Å². The lowest BCUT2D eigenvalue weighted by atomic mass is 10.0. The molecule has 1 saturated heterocycles. The fourth-order valence-electron chi connectivity index (χ4n) is 4.25. The van der Waals surface area contributed by atoms with Crippen molar-refractivity contribution in [1.29, 1.82) is 0 Å². The lowest BCUT2D eigenvalue weighted by molar-refractivity contribution is 0.0743. The Kier molecular flexibility index (Phi) is 6.03. The molecular weight excluding hydrogens is 471 g/mol.